The third-order valence-corrected chi connectivity index (χ3v) is 6.66. The minimum absolute atomic E-state index is 0. The molecule has 5 N–H and O–H groups in total. The molecule has 9 heteroatoms. The topological polar surface area (TPSA) is 141 Å². The molecule has 4 rings (SSSR count). The van der Waals surface area contributed by atoms with Gasteiger partial charge in [-0.25, -0.2) is 0 Å². The van der Waals surface area contributed by atoms with Crippen molar-refractivity contribution in [1.29, 1.82) is 0 Å². The van der Waals surface area contributed by atoms with Gasteiger partial charge in [-0.3, -0.25) is 19.3 Å². The summed E-state index contributed by atoms with van der Waals surface area (Å²) in [5.74, 6) is -5.62. The van der Waals surface area contributed by atoms with Crippen molar-refractivity contribution < 1.29 is 62.4 Å². The Bertz CT molecular complexity index is 1080. The molecule has 1 aromatic carbocycles. The average Bonchev–Trinajstić information content (AvgIpc) is 2.65. The molecule has 1 aromatic rings. The van der Waals surface area contributed by atoms with Crippen LogP contribution >= 0.6 is 0 Å². The van der Waals surface area contributed by atoms with Gasteiger partial charge in [-0.15, -0.1) is 5.56 Å². The summed E-state index contributed by atoms with van der Waals surface area (Å²) in [6.07, 6.45) is 0.581. The molecule has 0 spiro atoms. The Kier molecular flexibility index (Phi) is 6.08. The molecule has 0 heterocycles. The number of amides is 1. The Hall–Kier alpha value is -1.87. The van der Waals surface area contributed by atoms with Crippen LogP contribution in [-0.4, -0.2) is 63.4 Å². The van der Waals surface area contributed by atoms with Crippen LogP contribution in [0.4, 0.5) is 0 Å². The SMILES string of the molecule is Cc1[c-]ccc2c1C[C@H]1C[C@H]3[C@H](N(C)C)C(=O)C(C(N)=O)=C(O)[C@@]3(O)C(=O)C1=C2O.[Y]. The Labute approximate surface area is 204 Å². The average molecular weight is 500 g/mol. The van der Waals surface area contributed by atoms with Crippen LogP contribution < -0.4 is 5.73 Å². The fraction of sp³-hybridized carbons (Fsp3) is 0.409. The molecule has 0 saturated heterocycles. The van der Waals surface area contributed by atoms with Crippen LogP contribution in [0, 0.1) is 24.8 Å². The number of nitrogens with zero attached hydrogens (tertiary/aromatic N) is 1. The number of fused-ring (bicyclic) bond motifs is 3. The van der Waals surface area contributed by atoms with Crippen molar-refractivity contribution in [1.82, 2.24) is 4.90 Å². The number of likely N-dealkylation sites (N-methyl/N-ethyl adjacent to an activating group) is 1. The Morgan fingerprint density at radius 3 is 2.52 bits per heavy atom. The van der Waals surface area contributed by atoms with E-state index >= 15 is 0 Å². The number of rotatable bonds is 2. The Balaban J connectivity index is 0.00000272. The normalized spacial score (nSPS) is 29.9. The van der Waals surface area contributed by atoms with Crippen LogP contribution in [0.15, 0.2) is 29.0 Å². The van der Waals surface area contributed by atoms with E-state index in [1.807, 2.05) is 6.92 Å². The van der Waals surface area contributed by atoms with Gasteiger partial charge in [0, 0.05) is 44.2 Å². The van der Waals surface area contributed by atoms with Gasteiger partial charge in [0.25, 0.3) is 5.91 Å². The van der Waals surface area contributed by atoms with Crippen molar-refractivity contribution in [3.63, 3.8) is 0 Å². The first kappa shape index (κ1) is 23.8. The van der Waals surface area contributed by atoms with Crippen LogP contribution in [-0.2, 0) is 53.5 Å². The van der Waals surface area contributed by atoms with Crippen molar-refractivity contribution in [2.75, 3.05) is 14.1 Å². The molecule has 4 atom stereocenters. The summed E-state index contributed by atoms with van der Waals surface area (Å²) in [7, 11) is 3.18. The Morgan fingerprint density at radius 1 is 1.29 bits per heavy atom. The number of benzene rings is 1. The number of hydrogen-bond acceptors (Lipinski definition) is 7. The zero-order chi connectivity index (χ0) is 22.1. The molecular formula is C22H23N2O6Y-. The minimum Gasteiger partial charge on any atom is -0.509 e. The van der Waals surface area contributed by atoms with E-state index in [1.54, 1.807) is 26.2 Å². The summed E-state index contributed by atoms with van der Waals surface area (Å²) in [6.45, 7) is 1.86. The number of aliphatic hydroxyl groups excluding tert-OH is 2. The molecule has 1 radical (unpaired) electrons. The van der Waals surface area contributed by atoms with Gasteiger partial charge in [-0.2, -0.15) is 23.8 Å². The number of primary amides is 1. The zero-order valence-corrected chi connectivity index (χ0v) is 20.3. The first-order valence-electron chi connectivity index (χ1n) is 9.66. The molecular weight excluding hydrogens is 477 g/mol. The predicted octanol–water partition coefficient (Wildman–Crippen LogP) is 0.365. The number of ketones is 2. The maximum Gasteiger partial charge on any atom is 0.255 e. The van der Waals surface area contributed by atoms with Crippen LogP contribution in [0.25, 0.3) is 5.76 Å². The number of nitrogens with two attached hydrogens (primary N) is 1. The second kappa shape index (κ2) is 7.92. The molecule has 0 unspecified atom stereocenters. The number of hydrogen-bond donors (Lipinski definition) is 4. The fourth-order valence-electron chi connectivity index (χ4n) is 5.27. The predicted molar refractivity (Wildman–Crippen MR) is 106 cm³/mol. The third-order valence-electron chi connectivity index (χ3n) is 6.66. The first-order chi connectivity index (χ1) is 14.0. The number of carbonyl (C=O) groups excluding carboxylic acids is 3. The van der Waals surface area contributed by atoms with E-state index in [0.29, 0.717) is 12.0 Å². The first-order valence-corrected chi connectivity index (χ1v) is 9.66. The molecule has 1 saturated carbocycles. The van der Waals surface area contributed by atoms with Crippen molar-refractivity contribution in [3.05, 3.63) is 51.8 Å². The van der Waals surface area contributed by atoms with E-state index in [1.165, 1.54) is 4.90 Å². The molecule has 0 aliphatic heterocycles. The van der Waals surface area contributed by atoms with Gasteiger partial charge in [0.15, 0.2) is 11.4 Å². The third kappa shape index (κ3) is 3.15. The maximum absolute atomic E-state index is 13.5. The maximum atomic E-state index is 13.5. The molecule has 1 amide bonds. The van der Waals surface area contributed by atoms with Crippen LogP contribution in [0.3, 0.4) is 0 Å². The van der Waals surface area contributed by atoms with Gasteiger partial charge in [0.05, 0.1) is 6.04 Å². The zero-order valence-electron chi connectivity index (χ0n) is 17.5. The summed E-state index contributed by atoms with van der Waals surface area (Å²) in [4.78, 5) is 39.9. The number of carbonyl (C=O) groups is 3. The van der Waals surface area contributed by atoms with Crippen molar-refractivity contribution in [2.24, 2.45) is 17.6 Å². The minimum atomic E-state index is -2.53. The molecule has 0 aromatic heterocycles. The van der Waals surface area contributed by atoms with Crippen LogP contribution in [0.1, 0.15) is 23.1 Å². The number of aryl methyl sites for hydroxylation is 1. The van der Waals surface area contributed by atoms with Gasteiger partial charge in [-0.1, -0.05) is 18.9 Å². The molecule has 3 aliphatic rings. The fourth-order valence-corrected chi connectivity index (χ4v) is 5.27. The quantitative estimate of drug-likeness (QED) is 0.340. The van der Waals surface area contributed by atoms with E-state index in [9.17, 15) is 29.7 Å². The van der Waals surface area contributed by atoms with E-state index in [-0.39, 0.29) is 50.5 Å². The standard InChI is InChI=1S/C22H23N2O6.Y/c1-9-5-4-6-11-12(9)7-10-8-13-16(24(2)3)18(26)15(21(23)29)20(28)22(13,30)19(27)14(10)17(11)25;/h4,6,10,13,16,25,28,30H,7-8H2,1-3H3,(H2,23,29);/q-1;/t10-,13-,16-,22-;/m0./s1. The van der Waals surface area contributed by atoms with Gasteiger partial charge < -0.3 is 21.1 Å². The van der Waals surface area contributed by atoms with E-state index in [0.717, 1.165) is 11.1 Å². The molecule has 31 heavy (non-hydrogen) atoms. The number of Topliss-reactive ketones (excluding diaryl/α,β-unsaturated/α-hetero) is 2. The summed E-state index contributed by atoms with van der Waals surface area (Å²) in [6, 6.07) is 5.32. The van der Waals surface area contributed by atoms with Crippen molar-refractivity contribution in [2.45, 2.75) is 31.4 Å². The second-order valence-corrected chi connectivity index (χ2v) is 8.46. The molecule has 161 valence electrons. The van der Waals surface area contributed by atoms with E-state index in [4.69, 9.17) is 5.73 Å². The molecule has 0 bridgehead atoms. The van der Waals surface area contributed by atoms with E-state index < -0.39 is 52.3 Å². The monoisotopic (exact) mass is 500 g/mol. The summed E-state index contributed by atoms with van der Waals surface area (Å²) in [5, 5.41) is 33.1. The van der Waals surface area contributed by atoms with Gasteiger partial charge in [-0.05, 0) is 26.4 Å². The van der Waals surface area contributed by atoms with Gasteiger partial charge in [0.1, 0.15) is 17.1 Å². The molecule has 3 aliphatic carbocycles. The largest absolute Gasteiger partial charge is 0.509 e. The van der Waals surface area contributed by atoms with Crippen LogP contribution in [0.5, 0.6) is 0 Å². The van der Waals surface area contributed by atoms with Crippen LogP contribution in [0.2, 0.25) is 0 Å². The summed E-state index contributed by atoms with van der Waals surface area (Å²) < 4.78 is 0. The summed E-state index contributed by atoms with van der Waals surface area (Å²) >= 11 is 0. The number of aliphatic hydroxyl groups is 3. The Morgan fingerprint density at radius 2 is 1.94 bits per heavy atom. The van der Waals surface area contributed by atoms with E-state index in [2.05, 4.69) is 6.07 Å². The van der Waals surface area contributed by atoms with Crippen molar-refractivity contribution in [3.8, 4) is 0 Å². The van der Waals surface area contributed by atoms with Gasteiger partial charge in [0.2, 0.25) is 5.78 Å². The molecule has 1 fully saturated rings. The second-order valence-electron chi connectivity index (χ2n) is 8.46. The molecule has 8 nitrogen and oxygen atoms in total. The van der Waals surface area contributed by atoms with Crippen molar-refractivity contribution >= 4 is 23.2 Å². The van der Waals surface area contributed by atoms with Gasteiger partial charge >= 0.3 is 0 Å². The smallest absolute Gasteiger partial charge is 0.255 e. The summed E-state index contributed by atoms with van der Waals surface area (Å²) in [5.41, 5.74) is 4.15.